The lowest BCUT2D eigenvalue weighted by Gasteiger charge is -2.15. The van der Waals surface area contributed by atoms with Gasteiger partial charge < -0.3 is 10.1 Å². The van der Waals surface area contributed by atoms with Crippen LogP contribution in [-0.4, -0.2) is 25.2 Å². The predicted octanol–water partition coefficient (Wildman–Crippen LogP) is 3.02. The highest BCUT2D eigenvalue weighted by molar-refractivity contribution is 5.94. The lowest BCUT2D eigenvalue weighted by molar-refractivity contribution is -0.119. The Morgan fingerprint density at radius 2 is 2.30 bits per heavy atom. The topological polar surface area (TPSA) is 58.6 Å². The number of rotatable bonds is 5. The van der Waals surface area contributed by atoms with E-state index in [1.807, 2.05) is 25.1 Å². The summed E-state index contributed by atoms with van der Waals surface area (Å²) in [7, 11) is 0. The summed E-state index contributed by atoms with van der Waals surface area (Å²) in [5.74, 6) is -0.00611. The molecule has 1 fully saturated rings. The average molecular weight is 276 g/mol. The summed E-state index contributed by atoms with van der Waals surface area (Å²) in [5, 5.41) is 2.89. The van der Waals surface area contributed by atoms with Crippen molar-refractivity contribution in [2.24, 2.45) is 5.92 Å². The molecule has 1 aromatic carbocycles. The molecular formula is C15H20N2O3. The fourth-order valence-corrected chi connectivity index (χ4v) is 2.21. The number of cyclic esters (lactones) is 1. The molecule has 1 aliphatic rings. The van der Waals surface area contributed by atoms with E-state index in [2.05, 4.69) is 12.2 Å². The largest absolute Gasteiger partial charge is 0.447 e. The van der Waals surface area contributed by atoms with Gasteiger partial charge in [0.05, 0.1) is 6.54 Å². The number of anilines is 2. The number of carbonyl (C=O) groups is 2. The van der Waals surface area contributed by atoms with Crippen LogP contribution >= 0.6 is 0 Å². The summed E-state index contributed by atoms with van der Waals surface area (Å²) >= 11 is 0. The first-order chi connectivity index (χ1) is 9.61. The number of nitrogens with zero attached hydrogens (tertiary/aromatic N) is 1. The number of amides is 2. The minimum absolute atomic E-state index is 0.00741. The van der Waals surface area contributed by atoms with Gasteiger partial charge in [0, 0.05) is 17.3 Å². The monoisotopic (exact) mass is 276 g/mol. The molecule has 20 heavy (non-hydrogen) atoms. The Morgan fingerprint density at radius 3 is 2.95 bits per heavy atom. The highest BCUT2D eigenvalue weighted by Crippen LogP contribution is 2.23. The Balaban J connectivity index is 2.06. The molecule has 1 unspecified atom stereocenters. The molecule has 0 aromatic heterocycles. The van der Waals surface area contributed by atoms with Gasteiger partial charge in [0.1, 0.15) is 6.61 Å². The second-order valence-electron chi connectivity index (χ2n) is 5.00. The van der Waals surface area contributed by atoms with E-state index in [4.69, 9.17) is 4.74 Å². The van der Waals surface area contributed by atoms with Gasteiger partial charge in [-0.05, 0) is 24.6 Å². The van der Waals surface area contributed by atoms with Crippen LogP contribution in [0, 0.1) is 5.92 Å². The molecule has 1 aliphatic heterocycles. The third-order valence-corrected chi connectivity index (χ3v) is 3.36. The molecule has 0 bridgehead atoms. The summed E-state index contributed by atoms with van der Waals surface area (Å²) in [5.41, 5.74) is 1.45. The molecule has 5 nitrogen and oxygen atoms in total. The minimum atomic E-state index is -0.340. The first-order valence-corrected chi connectivity index (χ1v) is 6.97. The maximum absolute atomic E-state index is 12.0. The quantitative estimate of drug-likeness (QED) is 0.899. The van der Waals surface area contributed by atoms with Crippen molar-refractivity contribution in [2.75, 3.05) is 23.4 Å². The molecule has 0 spiro atoms. The number of carbonyl (C=O) groups excluding carboxylic acids is 2. The molecule has 108 valence electrons. The first kappa shape index (κ1) is 14.4. The van der Waals surface area contributed by atoms with Crippen LogP contribution in [0.1, 0.15) is 26.7 Å². The van der Waals surface area contributed by atoms with Crippen LogP contribution in [0.2, 0.25) is 0 Å². The van der Waals surface area contributed by atoms with Gasteiger partial charge in [-0.25, -0.2) is 4.79 Å². The molecule has 0 aliphatic carbocycles. The van der Waals surface area contributed by atoms with Crippen molar-refractivity contribution in [2.45, 2.75) is 26.7 Å². The van der Waals surface area contributed by atoms with Crippen LogP contribution < -0.4 is 10.2 Å². The van der Waals surface area contributed by atoms with Gasteiger partial charge in [-0.3, -0.25) is 9.69 Å². The van der Waals surface area contributed by atoms with Gasteiger partial charge >= 0.3 is 6.09 Å². The Bertz CT molecular complexity index is 502. The molecule has 1 heterocycles. The highest BCUT2D eigenvalue weighted by atomic mass is 16.6. The molecule has 1 N–H and O–H groups in total. The summed E-state index contributed by atoms with van der Waals surface area (Å²) in [6, 6.07) is 7.27. The van der Waals surface area contributed by atoms with Crippen molar-refractivity contribution in [3.8, 4) is 0 Å². The zero-order valence-corrected chi connectivity index (χ0v) is 11.9. The van der Waals surface area contributed by atoms with E-state index in [1.165, 1.54) is 0 Å². The summed E-state index contributed by atoms with van der Waals surface area (Å²) in [4.78, 5) is 25.1. The minimum Gasteiger partial charge on any atom is -0.447 e. The molecular weight excluding hydrogens is 256 g/mol. The molecule has 2 rings (SSSR count). The van der Waals surface area contributed by atoms with Crippen molar-refractivity contribution in [1.82, 2.24) is 0 Å². The van der Waals surface area contributed by atoms with Gasteiger partial charge in [0.25, 0.3) is 0 Å². The van der Waals surface area contributed by atoms with Crippen LogP contribution in [0.15, 0.2) is 24.3 Å². The van der Waals surface area contributed by atoms with Gasteiger partial charge in [-0.1, -0.05) is 26.3 Å². The van der Waals surface area contributed by atoms with Gasteiger partial charge in [-0.15, -0.1) is 0 Å². The lowest BCUT2D eigenvalue weighted by atomic mass is 10.1. The summed E-state index contributed by atoms with van der Waals surface area (Å²) in [6.07, 6.45) is 1.51. The predicted molar refractivity (Wildman–Crippen MR) is 77.8 cm³/mol. The molecule has 1 atom stereocenters. The zero-order chi connectivity index (χ0) is 14.5. The molecule has 1 aromatic rings. The summed E-state index contributed by atoms with van der Waals surface area (Å²) in [6.45, 7) is 4.93. The van der Waals surface area contributed by atoms with E-state index in [9.17, 15) is 9.59 Å². The standard InChI is InChI=1S/C15H20N2O3/c1-3-5-11(2)14(18)16-12-6-4-7-13(10-12)17-8-9-20-15(17)19/h4,6-7,10-11H,3,5,8-9H2,1-2H3,(H,16,18). The van der Waals surface area contributed by atoms with Crippen molar-refractivity contribution in [3.05, 3.63) is 24.3 Å². The Labute approximate surface area is 118 Å². The van der Waals surface area contributed by atoms with Gasteiger partial charge in [-0.2, -0.15) is 0 Å². The van der Waals surface area contributed by atoms with Gasteiger partial charge in [0.2, 0.25) is 5.91 Å². The molecule has 2 amide bonds. The fourth-order valence-electron chi connectivity index (χ4n) is 2.21. The maximum Gasteiger partial charge on any atom is 0.414 e. The number of hydrogen-bond acceptors (Lipinski definition) is 3. The first-order valence-electron chi connectivity index (χ1n) is 6.97. The lowest BCUT2D eigenvalue weighted by Crippen LogP contribution is -2.24. The molecule has 1 saturated heterocycles. The molecule has 0 saturated carbocycles. The summed E-state index contributed by atoms with van der Waals surface area (Å²) < 4.78 is 4.91. The highest BCUT2D eigenvalue weighted by Gasteiger charge is 2.23. The molecule has 5 heteroatoms. The van der Waals surface area contributed by atoms with E-state index in [1.54, 1.807) is 11.0 Å². The Kier molecular flexibility index (Phi) is 4.61. The van der Waals surface area contributed by atoms with Crippen LogP contribution in [0.5, 0.6) is 0 Å². The third-order valence-electron chi connectivity index (χ3n) is 3.36. The van der Waals surface area contributed by atoms with E-state index >= 15 is 0 Å². The van der Waals surface area contributed by atoms with Crippen molar-refractivity contribution < 1.29 is 14.3 Å². The van der Waals surface area contributed by atoms with Crippen LogP contribution in [-0.2, 0) is 9.53 Å². The van der Waals surface area contributed by atoms with Crippen molar-refractivity contribution >= 4 is 23.4 Å². The van der Waals surface area contributed by atoms with Crippen LogP contribution in [0.25, 0.3) is 0 Å². The Morgan fingerprint density at radius 1 is 1.50 bits per heavy atom. The second kappa shape index (κ2) is 6.41. The zero-order valence-electron chi connectivity index (χ0n) is 11.9. The van der Waals surface area contributed by atoms with E-state index < -0.39 is 0 Å². The smallest absolute Gasteiger partial charge is 0.414 e. The van der Waals surface area contributed by atoms with E-state index in [-0.39, 0.29) is 17.9 Å². The van der Waals surface area contributed by atoms with Crippen molar-refractivity contribution in [3.63, 3.8) is 0 Å². The molecule has 0 radical (unpaired) electrons. The van der Waals surface area contributed by atoms with Crippen LogP contribution in [0.4, 0.5) is 16.2 Å². The number of hydrogen-bond donors (Lipinski definition) is 1. The van der Waals surface area contributed by atoms with Crippen molar-refractivity contribution in [1.29, 1.82) is 0 Å². The second-order valence-corrected chi connectivity index (χ2v) is 5.00. The number of benzene rings is 1. The third kappa shape index (κ3) is 3.29. The average Bonchev–Trinajstić information content (AvgIpc) is 2.85. The van der Waals surface area contributed by atoms with Gasteiger partial charge in [0.15, 0.2) is 0 Å². The SMILES string of the molecule is CCCC(C)C(=O)Nc1cccc(N2CCOC2=O)c1. The number of ether oxygens (including phenoxy) is 1. The van der Waals surface area contributed by atoms with E-state index in [0.717, 1.165) is 18.5 Å². The normalized spacial score (nSPS) is 15.9. The van der Waals surface area contributed by atoms with E-state index in [0.29, 0.717) is 18.8 Å². The Hall–Kier alpha value is -2.04. The number of nitrogens with one attached hydrogen (secondary N) is 1. The fraction of sp³-hybridized carbons (Fsp3) is 0.467. The van der Waals surface area contributed by atoms with Crippen LogP contribution in [0.3, 0.4) is 0 Å². The maximum atomic E-state index is 12.0.